The molecular weight excluding hydrogens is 633 g/mol. The van der Waals surface area contributed by atoms with Crippen LogP contribution in [0.2, 0.25) is 0 Å². The molecule has 0 bridgehead atoms. The summed E-state index contributed by atoms with van der Waals surface area (Å²) in [5.74, 6) is 0. The molecule has 2 aromatic heterocycles. The van der Waals surface area contributed by atoms with Crippen LogP contribution in [0.1, 0.15) is 0 Å². The Kier molecular flexibility index (Phi) is 6.28. The van der Waals surface area contributed by atoms with Crippen molar-refractivity contribution in [2.24, 2.45) is 0 Å². The highest BCUT2D eigenvalue weighted by atomic mass is 16.3. The predicted molar refractivity (Wildman–Crippen MR) is 218 cm³/mol. The minimum atomic E-state index is 0.819. The number of benzene rings is 9. The first kappa shape index (κ1) is 28.9. The minimum absolute atomic E-state index is 0.819. The lowest BCUT2D eigenvalue weighted by Gasteiger charge is -2.18. The molecule has 0 fully saturated rings. The second-order valence-electron chi connectivity index (χ2n) is 13.6. The Morgan fingerprint density at radius 3 is 1.62 bits per heavy atom. The van der Waals surface area contributed by atoms with Crippen LogP contribution in [0.15, 0.2) is 191 Å². The van der Waals surface area contributed by atoms with Gasteiger partial charge in [-0.3, -0.25) is 0 Å². The van der Waals surface area contributed by atoms with Crippen LogP contribution in [0.25, 0.3) is 110 Å². The highest BCUT2D eigenvalue weighted by Gasteiger charge is 2.20. The molecule has 11 rings (SSSR count). The van der Waals surface area contributed by atoms with Crippen molar-refractivity contribution in [1.29, 1.82) is 0 Å². The second-order valence-corrected chi connectivity index (χ2v) is 13.6. The third-order valence-electron chi connectivity index (χ3n) is 10.7. The zero-order valence-electron chi connectivity index (χ0n) is 28.1. The van der Waals surface area contributed by atoms with Gasteiger partial charge in [-0.15, -0.1) is 0 Å². The molecule has 0 radical (unpaired) electrons. The van der Waals surface area contributed by atoms with Gasteiger partial charge in [-0.25, -0.2) is 0 Å². The van der Waals surface area contributed by atoms with Crippen molar-refractivity contribution in [3.05, 3.63) is 182 Å². The quantitative estimate of drug-likeness (QED) is 0.175. The SMILES string of the molecule is c1ccc(-c2ccc(-c3c4ccccc4c(-c4ccc5c(c4)oc4c5ccc5occ(-c6ccc7ccccc7c6)c54)c4ccccc34)cc2)cc1. The van der Waals surface area contributed by atoms with E-state index >= 15 is 0 Å². The maximum atomic E-state index is 6.84. The van der Waals surface area contributed by atoms with Crippen molar-refractivity contribution < 1.29 is 8.83 Å². The van der Waals surface area contributed by atoms with Crippen LogP contribution in [0, 0.1) is 0 Å². The maximum Gasteiger partial charge on any atom is 0.147 e. The monoisotopic (exact) mass is 662 g/mol. The van der Waals surface area contributed by atoms with E-state index in [-0.39, 0.29) is 0 Å². The van der Waals surface area contributed by atoms with Gasteiger partial charge in [-0.05, 0) is 102 Å². The van der Waals surface area contributed by atoms with Gasteiger partial charge < -0.3 is 8.83 Å². The Bertz CT molecular complexity index is 3100. The van der Waals surface area contributed by atoms with Gasteiger partial charge in [0, 0.05) is 16.3 Å². The molecule has 0 unspecified atom stereocenters. The summed E-state index contributed by atoms with van der Waals surface area (Å²) in [7, 11) is 0. The first-order chi connectivity index (χ1) is 25.8. The van der Waals surface area contributed by atoms with Gasteiger partial charge in [0.1, 0.15) is 16.7 Å². The maximum absolute atomic E-state index is 6.84. The van der Waals surface area contributed by atoms with Crippen LogP contribution in [0.5, 0.6) is 0 Å². The fourth-order valence-electron chi connectivity index (χ4n) is 8.29. The Hall–Kier alpha value is -6.90. The van der Waals surface area contributed by atoms with Crippen LogP contribution >= 0.6 is 0 Å². The molecule has 0 saturated heterocycles. The summed E-state index contributed by atoms with van der Waals surface area (Å²) in [5, 5.41) is 10.5. The molecule has 2 heteroatoms. The number of hydrogen-bond donors (Lipinski definition) is 0. The Morgan fingerprint density at radius 1 is 0.327 bits per heavy atom. The van der Waals surface area contributed by atoms with Gasteiger partial charge in [0.05, 0.1) is 11.6 Å². The molecule has 0 atom stereocenters. The van der Waals surface area contributed by atoms with E-state index in [1.165, 1.54) is 60.1 Å². The zero-order chi connectivity index (χ0) is 34.2. The van der Waals surface area contributed by atoms with Crippen molar-refractivity contribution in [1.82, 2.24) is 0 Å². The highest BCUT2D eigenvalue weighted by Crippen LogP contribution is 2.46. The molecule has 242 valence electrons. The summed E-state index contributed by atoms with van der Waals surface area (Å²) in [6, 6.07) is 63.1. The van der Waals surface area contributed by atoms with Gasteiger partial charge in [-0.1, -0.05) is 146 Å². The van der Waals surface area contributed by atoms with Gasteiger partial charge in [0.15, 0.2) is 0 Å². The van der Waals surface area contributed by atoms with E-state index in [0.717, 1.165) is 49.6 Å². The Morgan fingerprint density at radius 2 is 0.885 bits per heavy atom. The van der Waals surface area contributed by atoms with E-state index < -0.39 is 0 Å². The van der Waals surface area contributed by atoms with Crippen molar-refractivity contribution in [2.75, 3.05) is 0 Å². The van der Waals surface area contributed by atoms with Crippen molar-refractivity contribution in [3.8, 4) is 44.5 Å². The first-order valence-electron chi connectivity index (χ1n) is 17.7. The number of furan rings is 2. The van der Waals surface area contributed by atoms with Crippen molar-refractivity contribution in [3.63, 3.8) is 0 Å². The molecule has 0 spiro atoms. The van der Waals surface area contributed by atoms with Gasteiger partial charge in [0.25, 0.3) is 0 Å². The lowest BCUT2D eigenvalue weighted by atomic mass is 9.85. The van der Waals surface area contributed by atoms with Crippen LogP contribution in [-0.4, -0.2) is 0 Å². The molecule has 0 aliphatic rings. The summed E-state index contributed by atoms with van der Waals surface area (Å²) in [6.07, 6.45) is 1.86. The number of fused-ring (bicyclic) bond motifs is 8. The van der Waals surface area contributed by atoms with Gasteiger partial charge in [-0.2, -0.15) is 0 Å². The highest BCUT2D eigenvalue weighted by molar-refractivity contribution is 6.23. The van der Waals surface area contributed by atoms with Crippen LogP contribution < -0.4 is 0 Å². The third kappa shape index (κ3) is 4.38. The van der Waals surface area contributed by atoms with Crippen LogP contribution in [0.3, 0.4) is 0 Å². The minimum Gasteiger partial charge on any atom is -0.464 e. The topological polar surface area (TPSA) is 26.3 Å². The first-order valence-corrected chi connectivity index (χ1v) is 17.7. The second kappa shape index (κ2) is 11.3. The van der Waals surface area contributed by atoms with Crippen LogP contribution in [0.4, 0.5) is 0 Å². The predicted octanol–water partition coefficient (Wildman–Crippen LogP) is 14.5. The lowest BCUT2D eigenvalue weighted by Crippen LogP contribution is -1.91. The molecule has 11 aromatic rings. The van der Waals surface area contributed by atoms with E-state index in [9.17, 15) is 0 Å². The zero-order valence-corrected chi connectivity index (χ0v) is 28.1. The smallest absolute Gasteiger partial charge is 0.147 e. The van der Waals surface area contributed by atoms with Crippen molar-refractivity contribution in [2.45, 2.75) is 0 Å². The average Bonchev–Trinajstić information content (AvgIpc) is 3.82. The van der Waals surface area contributed by atoms with E-state index in [0.29, 0.717) is 0 Å². The Labute approximate surface area is 299 Å². The fraction of sp³-hybridized carbons (Fsp3) is 0. The summed E-state index contributed by atoms with van der Waals surface area (Å²) in [5.41, 5.74) is 11.9. The van der Waals surface area contributed by atoms with E-state index in [1.54, 1.807) is 0 Å². The molecule has 52 heavy (non-hydrogen) atoms. The molecule has 2 nitrogen and oxygen atoms in total. The normalized spacial score (nSPS) is 11.8. The number of hydrogen-bond acceptors (Lipinski definition) is 2. The molecular formula is C50H30O2. The summed E-state index contributed by atoms with van der Waals surface area (Å²) >= 11 is 0. The fourth-order valence-corrected chi connectivity index (χ4v) is 8.29. The molecule has 2 heterocycles. The summed E-state index contributed by atoms with van der Waals surface area (Å²) < 4.78 is 13.0. The van der Waals surface area contributed by atoms with E-state index in [4.69, 9.17) is 8.83 Å². The summed E-state index contributed by atoms with van der Waals surface area (Å²) in [4.78, 5) is 0. The van der Waals surface area contributed by atoms with Gasteiger partial charge in [0.2, 0.25) is 0 Å². The standard InChI is InChI=1S/C50H30O2/c1-2-10-31(11-3-1)33-18-21-34(22-19-33)47-39-14-6-8-16-41(39)48(42-17-9-7-15-40(42)47)37-24-25-38-43-26-27-45-49(50(43)52-46(38)29-37)44(30-51-45)36-23-20-32-12-4-5-13-35(32)28-36/h1-30H. The molecule has 0 saturated carbocycles. The molecule has 9 aromatic carbocycles. The van der Waals surface area contributed by atoms with E-state index in [1.807, 2.05) is 6.26 Å². The molecule has 0 N–H and O–H groups in total. The van der Waals surface area contributed by atoms with E-state index in [2.05, 4.69) is 176 Å². The third-order valence-corrected chi connectivity index (χ3v) is 10.7. The molecule has 0 aliphatic carbocycles. The lowest BCUT2D eigenvalue weighted by molar-refractivity contribution is 0.616. The molecule has 0 aliphatic heterocycles. The average molecular weight is 663 g/mol. The van der Waals surface area contributed by atoms with Gasteiger partial charge >= 0.3 is 0 Å². The summed E-state index contributed by atoms with van der Waals surface area (Å²) in [6.45, 7) is 0. The molecule has 0 amide bonds. The van der Waals surface area contributed by atoms with Crippen molar-refractivity contribution >= 4 is 65.2 Å². The largest absolute Gasteiger partial charge is 0.464 e. The van der Waals surface area contributed by atoms with Crippen LogP contribution in [-0.2, 0) is 0 Å². The Balaban J connectivity index is 1.10. The number of rotatable bonds is 4.